The number of aromatic nitrogens is 2. The van der Waals surface area contributed by atoms with Gasteiger partial charge in [0.25, 0.3) is 0 Å². The van der Waals surface area contributed by atoms with Crippen LogP contribution in [0.2, 0.25) is 0 Å². The number of carbonyl (C=O) groups is 2. The van der Waals surface area contributed by atoms with Crippen LogP contribution in [-0.2, 0) is 27.4 Å². The van der Waals surface area contributed by atoms with Crippen LogP contribution in [0.25, 0.3) is 0 Å². The van der Waals surface area contributed by atoms with Crippen LogP contribution in [0, 0.1) is 11.6 Å². The highest BCUT2D eigenvalue weighted by atomic mass is 32.2. The minimum absolute atomic E-state index is 0.0104. The molecule has 2 saturated heterocycles. The molecule has 2 amide bonds. The van der Waals surface area contributed by atoms with Crippen molar-refractivity contribution in [3.05, 3.63) is 89.0 Å². The molecule has 3 aromatic rings. The maximum absolute atomic E-state index is 15.2. The maximum Gasteiger partial charge on any atom is 0.451 e. The third-order valence-electron chi connectivity index (χ3n) is 8.27. The average Bonchev–Trinajstić information content (AvgIpc) is 3.12. The van der Waals surface area contributed by atoms with Crippen LogP contribution in [-0.4, -0.2) is 76.8 Å². The smallest absolute Gasteiger partial charge is 0.451 e. The Labute approximate surface area is 266 Å². The summed E-state index contributed by atoms with van der Waals surface area (Å²) in [7, 11) is -3.51. The second-order valence-electron chi connectivity index (χ2n) is 11.4. The quantitative estimate of drug-likeness (QED) is 0.248. The van der Waals surface area contributed by atoms with Crippen molar-refractivity contribution in [2.75, 3.05) is 24.2 Å². The van der Waals surface area contributed by atoms with Gasteiger partial charge in [-0.3, -0.25) is 4.79 Å². The van der Waals surface area contributed by atoms with E-state index in [1.807, 2.05) is 0 Å². The highest BCUT2D eigenvalue weighted by Gasteiger charge is 2.39. The fourth-order valence-corrected chi connectivity index (χ4v) is 7.83. The Kier molecular flexibility index (Phi) is 10.1. The van der Waals surface area contributed by atoms with Gasteiger partial charge in [-0.25, -0.2) is 32.0 Å². The number of piperazine rings is 1. The Bertz CT molecular complexity index is 1710. The molecule has 17 heteroatoms. The van der Waals surface area contributed by atoms with E-state index in [4.69, 9.17) is 0 Å². The molecule has 2 aromatic carbocycles. The van der Waals surface area contributed by atoms with Crippen molar-refractivity contribution in [1.29, 1.82) is 0 Å². The number of hydrogen-bond donors (Lipinski definition) is 4. The normalized spacial score (nSPS) is 22.0. The third kappa shape index (κ3) is 8.02. The predicted molar refractivity (Wildman–Crippen MR) is 159 cm³/mol. The van der Waals surface area contributed by atoms with Gasteiger partial charge in [-0.2, -0.15) is 17.5 Å². The van der Waals surface area contributed by atoms with E-state index >= 15 is 4.39 Å². The number of carbonyl (C=O) groups excluding carboxylic acids is 1. The Morgan fingerprint density at radius 3 is 2.43 bits per heavy atom. The van der Waals surface area contributed by atoms with Gasteiger partial charge in [-0.1, -0.05) is 18.2 Å². The molecule has 2 bridgehead atoms. The third-order valence-corrected chi connectivity index (χ3v) is 10.2. The fourth-order valence-electron chi connectivity index (χ4n) is 6.02. The lowest BCUT2D eigenvalue weighted by atomic mass is 9.85. The standard InChI is InChI=1S/C30H31F5N6O5S/c31-19-8-6-17(7-9-19)25(18-13-37-28(38-14-18)30(33,34)35)26(40-29(43)44)27(42)39-24-5-1-4-23(32)22(24)11-10-21-15-36-20-3-2-12-47(45,46)41(21)16-20/h1,4-9,13-14,20-21,25-26,36,40H,2-3,10-12,15-16H2,(H,39,42)(H,43,44)/t20-,21+,25+,26+/m1/s1. The van der Waals surface area contributed by atoms with E-state index in [9.17, 15) is 40.7 Å². The van der Waals surface area contributed by atoms with Gasteiger partial charge in [-0.15, -0.1) is 0 Å². The van der Waals surface area contributed by atoms with Crippen molar-refractivity contribution in [1.82, 2.24) is 24.9 Å². The zero-order valence-electron chi connectivity index (χ0n) is 24.7. The molecular weight excluding hydrogens is 651 g/mol. The molecular formula is C30H31F5N6O5S. The molecule has 5 atom stereocenters. The number of hydrogen-bond acceptors (Lipinski definition) is 7. The lowest BCUT2D eigenvalue weighted by Gasteiger charge is -2.37. The molecule has 2 aliphatic rings. The highest BCUT2D eigenvalue weighted by Crippen LogP contribution is 2.32. The summed E-state index contributed by atoms with van der Waals surface area (Å²) < 4.78 is 95.8. The summed E-state index contributed by atoms with van der Waals surface area (Å²) in [6.07, 6.45) is -3.49. The molecule has 47 heavy (non-hydrogen) atoms. The van der Waals surface area contributed by atoms with E-state index in [0.717, 1.165) is 37.0 Å². The summed E-state index contributed by atoms with van der Waals surface area (Å²) in [5.74, 6) is -5.17. The first kappa shape index (κ1) is 34.1. The summed E-state index contributed by atoms with van der Waals surface area (Å²) >= 11 is 0. The van der Waals surface area contributed by atoms with Crippen molar-refractivity contribution >= 4 is 27.7 Å². The summed E-state index contributed by atoms with van der Waals surface area (Å²) in [5.41, 5.74) is 0.0687. The van der Waals surface area contributed by atoms with Crippen molar-refractivity contribution in [3.63, 3.8) is 0 Å². The van der Waals surface area contributed by atoms with Gasteiger partial charge in [0, 0.05) is 54.7 Å². The zero-order chi connectivity index (χ0) is 33.9. The molecule has 0 radical (unpaired) electrons. The largest absolute Gasteiger partial charge is 0.465 e. The minimum atomic E-state index is -4.87. The molecule has 11 nitrogen and oxygen atoms in total. The zero-order valence-corrected chi connectivity index (χ0v) is 25.5. The number of sulfonamides is 1. The molecule has 0 saturated carbocycles. The first-order valence-corrected chi connectivity index (χ1v) is 16.3. The van der Waals surface area contributed by atoms with Crippen molar-refractivity contribution in [3.8, 4) is 0 Å². The van der Waals surface area contributed by atoms with E-state index in [0.29, 0.717) is 19.5 Å². The molecule has 2 aliphatic heterocycles. The summed E-state index contributed by atoms with van der Waals surface area (Å²) in [5, 5.41) is 17.6. The van der Waals surface area contributed by atoms with Gasteiger partial charge in [0.05, 0.1) is 5.75 Å². The van der Waals surface area contributed by atoms with Gasteiger partial charge in [0.2, 0.25) is 21.8 Å². The first-order valence-electron chi connectivity index (χ1n) is 14.7. The predicted octanol–water partition coefficient (Wildman–Crippen LogP) is 3.88. The highest BCUT2D eigenvalue weighted by molar-refractivity contribution is 7.89. The Morgan fingerprint density at radius 2 is 1.77 bits per heavy atom. The van der Waals surface area contributed by atoms with Crippen molar-refractivity contribution in [2.45, 2.75) is 55.9 Å². The SMILES string of the molecule is O=C(O)N[C@H](C(=O)Nc1cccc(F)c1CC[C@H]1CN[C@@H]2CCCS(=O)(=O)N1C2)[C@@H](c1ccc(F)cc1)c1cnc(C(F)(F)F)nc1. The van der Waals surface area contributed by atoms with Crippen molar-refractivity contribution in [2.24, 2.45) is 0 Å². The molecule has 4 N–H and O–H groups in total. The second kappa shape index (κ2) is 13.9. The molecule has 1 aromatic heterocycles. The Balaban J connectivity index is 1.44. The Hall–Kier alpha value is -4.22. The van der Waals surface area contributed by atoms with Gasteiger partial charge in [0.1, 0.15) is 17.7 Å². The van der Waals surface area contributed by atoms with Gasteiger partial charge < -0.3 is 21.1 Å². The molecule has 252 valence electrons. The summed E-state index contributed by atoms with van der Waals surface area (Å²) in [4.78, 5) is 32.4. The molecule has 5 rings (SSSR count). The lowest BCUT2D eigenvalue weighted by Crippen LogP contribution is -2.57. The number of anilines is 1. The molecule has 3 heterocycles. The van der Waals surface area contributed by atoms with Gasteiger partial charge in [0.15, 0.2) is 0 Å². The number of carboxylic acid groups (broad SMARTS) is 1. The maximum atomic E-state index is 15.2. The number of amides is 2. The van der Waals surface area contributed by atoms with Crippen molar-refractivity contribution < 1.29 is 45.1 Å². The number of rotatable bonds is 9. The first-order chi connectivity index (χ1) is 22.2. The molecule has 1 unspecified atom stereocenters. The minimum Gasteiger partial charge on any atom is -0.465 e. The van der Waals surface area contributed by atoms with Crippen LogP contribution < -0.4 is 16.0 Å². The number of alkyl halides is 3. The molecule has 0 aliphatic carbocycles. The van der Waals surface area contributed by atoms with E-state index in [1.54, 1.807) is 0 Å². The number of nitrogens with one attached hydrogen (secondary N) is 3. The van der Waals surface area contributed by atoms with Crippen LogP contribution in [0.4, 0.5) is 32.4 Å². The number of halogens is 5. The summed E-state index contributed by atoms with van der Waals surface area (Å²) in [6, 6.07) is 6.20. The molecule has 2 fully saturated rings. The van der Waals surface area contributed by atoms with Gasteiger partial charge >= 0.3 is 12.3 Å². The fraction of sp³-hybridized carbons (Fsp3) is 0.400. The van der Waals surface area contributed by atoms with E-state index in [2.05, 4.69) is 25.9 Å². The van der Waals surface area contributed by atoms with Crippen LogP contribution in [0.5, 0.6) is 0 Å². The van der Waals surface area contributed by atoms with E-state index in [1.165, 1.54) is 28.6 Å². The number of nitrogens with zero attached hydrogens (tertiary/aromatic N) is 3. The number of fused-ring (bicyclic) bond motifs is 2. The second-order valence-corrected chi connectivity index (χ2v) is 13.4. The van der Waals surface area contributed by atoms with E-state index in [-0.39, 0.29) is 47.0 Å². The lowest BCUT2D eigenvalue weighted by molar-refractivity contribution is -0.145. The molecule has 0 spiro atoms. The van der Waals surface area contributed by atoms with Gasteiger partial charge in [-0.05, 0) is 61.1 Å². The number of benzene rings is 2. The van der Waals surface area contributed by atoms with Crippen LogP contribution >= 0.6 is 0 Å². The van der Waals surface area contributed by atoms with Crippen LogP contribution in [0.1, 0.15) is 47.7 Å². The monoisotopic (exact) mass is 682 g/mol. The summed E-state index contributed by atoms with van der Waals surface area (Å²) in [6.45, 7) is 0.661. The van der Waals surface area contributed by atoms with Crippen LogP contribution in [0.15, 0.2) is 54.9 Å². The average molecular weight is 683 g/mol. The van der Waals surface area contributed by atoms with Crippen LogP contribution in [0.3, 0.4) is 0 Å². The Morgan fingerprint density at radius 1 is 1.06 bits per heavy atom. The topological polar surface area (TPSA) is 154 Å². The van der Waals surface area contributed by atoms with E-state index < -0.39 is 63.7 Å².